The highest BCUT2D eigenvalue weighted by molar-refractivity contribution is 7.09. The maximum Gasteiger partial charge on any atom is 0.320 e. The minimum Gasteiger partial charge on any atom is -0.480 e. The number of carboxylic acid groups (broad SMARTS) is 1. The molecule has 0 aliphatic heterocycles. The highest BCUT2D eigenvalue weighted by Crippen LogP contribution is 2.08. The van der Waals surface area contributed by atoms with Crippen LogP contribution < -0.4 is 5.32 Å². The van der Waals surface area contributed by atoms with Gasteiger partial charge in [-0.3, -0.25) is 10.1 Å². The number of aliphatic carboxylic acids is 1. The van der Waals surface area contributed by atoms with Gasteiger partial charge in [0.05, 0.1) is 10.7 Å². The van der Waals surface area contributed by atoms with Crippen molar-refractivity contribution in [3.8, 4) is 0 Å². The normalized spacial score (nSPS) is 12.7. The number of aryl methyl sites for hydroxylation is 1. The van der Waals surface area contributed by atoms with Crippen LogP contribution in [0, 0.1) is 6.92 Å². The summed E-state index contributed by atoms with van der Waals surface area (Å²) < 4.78 is 0. The van der Waals surface area contributed by atoms with Crippen molar-refractivity contribution in [2.24, 2.45) is 0 Å². The van der Waals surface area contributed by atoms with Crippen LogP contribution in [-0.4, -0.2) is 22.1 Å². The lowest BCUT2D eigenvalue weighted by Gasteiger charge is -2.11. The maximum atomic E-state index is 10.8. The number of carbonyl (C=O) groups is 1. The van der Waals surface area contributed by atoms with E-state index in [1.807, 2.05) is 19.2 Å². The summed E-state index contributed by atoms with van der Waals surface area (Å²) in [6, 6.07) is -0.461. The van der Waals surface area contributed by atoms with Crippen LogP contribution in [0.3, 0.4) is 0 Å². The second-order valence-corrected chi connectivity index (χ2v) is 4.48. The average Bonchev–Trinajstić information content (AvgIpc) is 2.58. The largest absolute Gasteiger partial charge is 0.480 e. The maximum absolute atomic E-state index is 10.8. The second kappa shape index (κ2) is 5.82. The lowest BCUT2D eigenvalue weighted by molar-refractivity contribution is -0.139. The molecule has 0 fully saturated rings. The van der Waals surface area contributed by atoms with Crippen molar-refractivity contribution in [3.63, 3.8) is 0 Å². The third-order valence-electron chi connectivity index (χ3n) is 2.07. The third kappa shape index (κ3) is 3.97. The van der Waals surface area contributed by atoms with E-state index in [0.29, 0.717) is 13.0 Å². The van der Waals surface area contributed by atoms with E-state index in [1.54, 1.807) is 11.3 Å². The first kappa shape index (κ1) is 12.1. The molecule has 84 valence electrons. The molecule has 0 aliphatic rings. The minimum absolute atomic E-state index is 0.461. The van der Waals surface area contributed by atoms with Gasteiger partial charge < -0.3 is 5.11 Å². The zero-order valence-corrected chi connectivity index (χ0v) is 9.80. The van der Waals surface area contributed by atoms with Crippen LogP contribution in [0.25, 0.3) is 0 Å². The second-order valence-electron chi connectivity index (χ2n) is 3.42. The van der Waals surface area contributed by atoms with Gasteiger partial charge in [-0.15, -0.1) is 11.3 Å². The first-order chi connectivity index (χ1) is 7.13. The summed E-state index contributed by atoms with van der Waals surface area (Å²) in [5, 5.41) is 14.9. The smallest absolute Gasteiger partial charge is 0.320 e. The molecular formula is C10H16N2O2S. The van der Waals surface area contributed by atoms with Crippen LogP contribution in [0.15, 0.2) is 5.38 Å². The Kier molecular flexibility index (Phi) is 4.71. The lowest BCUT2D eigenvalue weighted by atomic mass is 10.1. The molecule has 0 saturated heterocycles. The summed E-state index contributed by atoms with van der Waals surface area (Å²) >= 11 is 1.58. The van der Waals surface area contributed by atoms with Gasteiger partial charge in [-0.05, 0) is 13.3 Å². The Morgan fingerprint density at radius 2 is 2.47 bits per heavy atom. The molecule has 0 aromatic carbocycles. The molecule has 4 nitrogen and oxygen atoms in total. The summed E-state index contributed by atoms with van der Waals surface area (Å²) in [5.41, 5.74) is 0.917. The highest BCUT2D eigenvalue weighted by atomic mass is 32.1. The first-order valence-electron chi connectivity index (χ1n) is 5.00. The van der Waals surface area contributed by atoms with Gasteiger partial charge in [-0.2, -0.15) is 0 Å². The number of carboxylic acids is 1. The molecule has 0 aliphatic carbocycles. The van der Waals surface area contributed by atoms with Crippen molar-refractivity contribution in [2.45, 2.75) is 39.3 Å². The Balaban J connectivity index is 2.43. The summed E-state index contributed by atoms with van der Waals surface area (Å²) in [6.45, 7) is 4.45. The van der Waals surface area contributed by atoms with E-state index in [0.717, 1.165) is 17.1 Å². The molecule has 1 aromatic heterocycles. The zero-order chi connectivity index (χ0) is 11.3. The molecule has 0 spiro atoms. The predicted octanol–water partition coefficient (Wildman–Crippen LogP) is 1.79. The zero-order valence-electron chi connectivity index (χ0n) is 8.99. The summed E-state index contributed by atoms with van der Waals surface area (Å²) in [5.74, 6) is -0.788. The minimum atomic E-state index is -0.788. The summed E-state index contributed by atoms with van der Waals surface area (Å²) in [4.78, 5) is 15.1. The fourth-order valence-corrected chi connectivity index (χ4v) is 1.93. The number of rotatable bonds is 6. The van der Waals surface area contributed by atoms with Crippen LogP contribution in [0.2, 0.25) is 0 Å². The molecule has 1 rings (SSSR count). The van der Waals surface area contributed by atoms with E-state index in [4.69, 9.17) is 5.11 Å². The van der Waals surface area contributed by atoms with Crippen LogP contribution in [0.4, 0.5) is 0 Å². The predicted molar refractivity (Wildman–Crippen MR) is 60.0 cm³/mol. The number of aromatic nitrogens is 1. The van der Waals surface area contributed by atoms with Crippen molar-refractivity contribution in [1.82, 2.24) is 10.3 Å². The number of hydrogen-bond acceptors (Lipinski definition) is 4. The number of thiazole rings is 1. The van der Waals surface area contributed by atoms with Gasteiger partial charge in [0.25, 0.3) is 0 Å². The third-order valence-corrected chi connectivity index (χ3v) is 2.89. The SMILES string of the molecule is CCCC(NCc1csc(C)n1)C(=O)O. The van der Waals surface area contributed by atoms with E-state index < -0.39 is 12.0 Å². The molecule has 1 aromatic rings. The Hall–Kier alpha value is -0.940. The van der Waals surface area contributed by atoms with E-state index in [1.165, 1.54) is 0 Å². The molecule has 0 radical (unpaired) electrons. The van der Waals surface area contributed by atoms with Crippen molar-refractivity contribution in [1.29, 1.82) is 0 Å². The van der Waals surface area contributed by atoms with Crippen molar-refractivity contribution < 1.29 is 9.90 Å². The molecule has 0 saturated carbocycles. The Labute approximate surface area is 93.4 Å². The van der Waals surface area contributed by atoms with E-state index in [9.17, 15) is 4.79 Å². The summed E-state index contributed by atoms with van der Waals surface area (Å²) in [6.07, 6.45) is 1.51. The van der Waals surface area contributed by atoms with Crippen molar-refractivity contribution in [3.05, 3.63) is 16.1 Å². The van der Waals surface area contributed by atoms with Gasteiger partial charge in [0.15, 0.2) is 0 Å². The van der Waals surface area contributed by atoms with Gasteiger partial charge >= 0.3 is 5.97 Å². The summed E-state index contributed by atoms with van der Waals surface area (Å²) in [7, 11) is 0. The van der Waals surface area contributed by atoms with Crippen molar-refractivity contribution >= 4 is 17.3 Å². The van der Waals surface area contributed by atoms with Crippen LogP contribution in [0.1, 0.15) is 30.5 Å². The number of hydrogen-bond donors (Lipinski definition) is 2. The number of nitrogens with zero attached hydrogens (tertiary/aromatic N) is 1. The van der Waals surface area contributed by atoms with Crippen LogP contribution in [-0.2, 0) is 11.3 Å². The fourth-order valence-electron chi connectivity index (χ4n) is 1.32. The van der Waals surface area contributed by atoms with Gasteiger partial charge in [-0.1, -0.05) is 13.3 Å². The average molecular weight is 228 g/mol. The lowest BCUT2D eigenvalue weighted by Crippen LogP contribution is -2.36. The van der Waals surface area contributed by atoms with Crippen LogP contribution >= 0.6 is 11.3 Å². The topological polar surface area (TPSA) is 62.2 Å². The standard InChI is InChI=1S/C10H16N2O2S/c1-3-4-9(10(13)14)11-5-8-6-15-7(2)12-8/h6,9,11H,3-5H2,1-2H3,(H,13,14). The molecule has 0 bridgehead atoms. The molecule has 2 N–H and O–H groups in total. The molecular weight excluding hydrogens is 212 g/mol. The molecule has 5 heteroatoms. The molecule has 1 atom stereocenters. The van der Waals surface area contributed by atoms with E-state index in [2.05, 4.69) is 10.3 Å². The van der Waals surface area contributed by atoms with Crippen molar-refractivity contribution in [2.75, 3.05) is 0 Å². The Morgan fingerprint density at radius 3 is 2.93 bits per heavy atom. The van der Waals surface area contributed by atoms with E-state index in [-0.39, 0.29) is 0 Å². The van der Waals surface area contributed by atoms with E-state index >= 15 is 0 Å². The van der Waals surface area contributed by atoms with Gasteiger partial charge in [0, 0.05) is 11.9 Å². The Bertz CT molecular complexity index is 325. The molecule has 0 amide bonds. The Morgan fingerprint density at radius 1 is 1.73 bits per heavy atom. The number of nitrogens with one attached hydrogen (secondary N) is 1. The van der Waals surface area contributed by atoms with Gasteiger partial charge in [0.2, 0.25) is 0 Å². The van der Waals surface area contributed by atoms with Gasteiger partial charge in [0.1, 0.15) is 6.04 Å². The molecule has 15 heavy (non-hydrogen) atoms. The molecule has 1 heterocycles. The van der Waals surface area contributed by atoms with Crippen LogP contribution in [0.5, 0.6) is 0 Å². The highest BCUT2D eigenvalue weighted by Gasteiger charge is 2.15. The monoisotopic (exact) mass is 228 g/mol. The first-order valence-corrected chi connectivity index (χ1v) is 5.88. The fraction of sp³-hybridized carbons (Fsp3) is 0.600. The molecule has 1 unspecified atom stereocenters. The van der Waals surface area contributed by atoms with Gasteiger partial charge in [-0.25, -0.2) is 4.98 Å². The quantitative estimate of drug-likeness (QED) is 0.779.